The monoisotopic (exact) mass is 165 g/mol. The molecule has 12 heavy (non-hydrogen) atoms. The first kappa shape index (κ1) is 11.2. The van der Waals surface area contributed by atoms with E-state index in [1.54, 1.807) is 0 Å². The van der Waals surface area contributed by atoms with Gasteiger partial charge in [-0.25, -0.2) is 0 Å². The predicted molar refractivity (Wildman–Crippen MR) is 56.8 cm³/mol. The second-order valence-corrected chi connectivity index (χ2v) is 4.06. The fourth-order valence-electron chi connectivity index (χ4n) is 1.04. The lowest BCUT2D eigenvalue weighted by molar-refractivity contribution is 0.541. The maximum atomic E-state index is 3.74. The first-order chi connectivity index (χ1) is 5.45. The topological polar surface area (TPSA) is 12.4 Å². The van der Waals surface area contributed by atoms with Crippen molar-refractivity contribution in [2.24, 2.45) is 10.4 Å². The lowest BCUT2D eigenvalue weighted by Gasteiger charge is -2.12. The van der Waals surface area contributed by atoms with Gasteiger partial charge in [-0.3, -0.25) is 4.99 Å². The molecule has 0 aliphatic rings. The van der Waals surface area contributed by atoms with Gasteiger partial charge in [0, 0.05) is 0 Å². The average molecular weight is 165 g/mol. The molecule has 0 unspecified atom stereocenters. The molecule has 0 aliphatic heterocycles. The molecule has 0 radical (unpaired) electrons. The molecule has 0 amide bonds. The predicted octanol–water partition coefficient (Wildman–Crippen LogP) is 3.24. The number of hydrogen-bond donors (Lipinski definition) is 0. The zero-order chi connectivity index (χ0) is 9.61. The lowest BCUT2D eigenvalue weighted by Crippen LogP contribution is -1.99. The molecule has 0 bridgehead atoms. The molecule has 0 atom stereocenters. The molecular formula is C11H19N. The minimum absolute atomic E-state index is 0.260. The van der Waals surface area contributed by atoms with Crippen molar-refractivity contribution >= 4 is 6.72 Å². The molecule has 1 nitrogen and oxygen atoms in total. The van der Waals surface area contributed by atoms with Crippen LogP contribution < -0.4 is 0 Å². The highest BCUT2D eigenvalue weighted by molar-refractivity contribution is 5.25. The molecule has 1 heteroatoms. The summed E-state index contributed by atoms with van der Waals surface area (Å²) < 4.78 is 0. The second kappa shape index (κ2) is 4.91. The van der Waals surface area contributed by atoms with Gasteiger partial charge >= 0.3 is 0 Å². The number of nitrogens with zero attached hydrogens (tertiary/aromatic N) is 1. The quantitative estimate of drug-likeness (QED) is 0.449. The van der Waals surface area contributed by atoms with Gasteiger partial charge in [-0.15, -0.1) is 0 Å². The Hall–Kier alpha value is -0.850. The van der Waals surface area contributed by atoms with Crippen LogP contribution in [0.15, 0.2) is 28.8 Å². The maximum absolute atomic E-state index is 3.74. The highest BCUT2D eigenvalue weighted by Crippen LogP contribution is 2.17. The van der Waals surface area contributed by atoms with Crippen molar-refractivity contribution in [2.75, 3.05) is 6.54 Å². The van der Waals surface area contributed by atoms with Crippen LogP contribution in [0.4, 0.5) is 0 Å². The minimum atomic E-state index is 0.260. The van der Waals surface area contributed by atoms with Gasteiger partial charge in [0.2, 0.25) is 0 Å². The van der Waals surface area contributed by atoms with Crippen molar-refractivity contribution < 1.29 is 0 Å². The van der Waals surface area contributed by atoms with Gasteiger partial charge in [0.25, 0.3) is 0 Å². The van der Waals surface area contributed by atoms with Gasteiger partial charge in [-0.2, -0.15) is 0 Å². The van der Waals surface area contributed by atoms with Crippen LogP contribution in [-0.4, -0.2) is 13.3 Å². The third kappa shape index (κ3) is 7.26. The van der Waals surface area contributed by atoms with E-state index in [-0.39, 0.29) is 5.41 Å². The molecule has 0 heterocycles. The van der Waals surface area contributed by atoms with Gasteiger partial charge < -0.3 is 0 Å². The van der Waals surface area contributed by atoms with E-state index in [0.717, 1.165) is 0 Å². The van der Waals surface area contributed by atoms with Gasteiger partial charge in [-0.1, -0.05) is 44.6 Å². The van der Waals surface area contributed by atoms with Crippen molar-refractivity contribution in [1.82, 2.24) is 0 Å². The van der Waals surface area contributed by atoms with E-state index >= 15 is 0 Å². The Morgan fingerprint density at radius 1 is 1.42 bits per heavy atom. The van der Waals surface area contributed by atoms with Crippen molar-refractivity contribution in [1.29, 1.82) is 0 Å². The van der Waals surface area contributed by atoms with Crippen molar-refractivity contribution in [3.05, 3.63) is 23.8 Å². The largest absolute Gasteiger partial charge is 0.297 e. The second-order valence-electron chi connectivity index (χ2n) is 4.06. The van der Waals surface area contributed by atoms with Gasteiger partial charge in [0.15, 0.2) is 0 Å². The third-order valence-electron chi connectivity index (χ3n) is 1.28. The van der Waals surface area contributed by atoms with E-state index in [1.807, 2.05) is 6.08 Å². The van der Waals surface area contributed by atoms with E-state index in [1.165, 1.54) is 5.57 Å². The smallest absolute Gasteiger partial charge is 0.0566 e. The molecule has 0 rings (SSSR count). The number of allylic oxidation sites excluding steroid dienone is 3. The molecule has 0 aromatic heterocycles. The number of aliphatic imine (C=N–C) groups is 1. The highest BCUT2D eigenvalue weighted by Gasteiger charge is 2.04. The lowest BCUT2D eigenvalue weighted by atomic mass is 9.94. The minimum Gasteiger partial charge on any atom is -0.297 e. The third-order valence-corrected chi connectivity index (χ3v) is 1.28. The zero-order valence-corrected chi connectivity index (χ0v) is 8.59. The van der Waals surface area contributed by atoms with Crippen molar-refractivity contribution in [3.8, 4) is 0 Å². The highest BCUT2D eigenvalue weighted by atomic mass is 14.6. The van der Waals surface area contributed by atoms with Crippen LogP contribution in [0.3, 0.4) is 0 Å². The van der Waals surface area contributed by atoms with Crippen LogP contribution in [0.25, 0.3) is 0 Å². The molecule has 0 saturated heterocycles. The summed E-state index contributed by atoms with van der Waals surface area (Å²) in [7, 11) is 0. The summed E-state index contributed by atoms with van der Waals surface area (Å²) in [6.07, 6.45) is 6.34. The van der Waals surface area contributed by atoms with Gasteiger partial charge in [-0.05, 0) is 19.1 Å². The SMILES string of the molecule is C=NC/C=C\C(C)=C/C(C)(C)C. The zero-order valence-electron chi connectivity index (χ0n) is 8.59. The summed E-state index contributed by atoms with van der Waals surface area (Å²) in [5, 5.41) is 0. The fraction of sp³-hybridized carbons (Fsp3) is 0.545. The standard InChI is InChI=1S/C11H19N/c1-10(7-6-8-12-5)9-11(2,3)4/h6-7,9H,5,8H2,1-4H3/b7-6-,10-9-. The molecule has 68 valence electrons. The first-order valence-electron chi connectivity index (χ1n) is 4.24. The van der Waals surface area contributed by atoms with Crippen molar-refractivity contribution in [2.45, 2.75) is 27.7 Å². The summed E-state index contributed by atoms with van der Waals surface area (Å²) in [4.78, 5) is 3.74. The molecule has 0 N–H and O–H groups in total. The summed E-state index contributed by atoms with van der Waals surface area (Å²) >= 11 is 0. The van der Waals surface area contributed by atoms with Gasteiger partial charge in [0.05, 0.1) is 6.54 Å². The fourth-order valence-corrected chi connectivity index (χ4v) is 1.04. The number of hydrogen-bond acceptors (Lipinski definition) is 1. The Kier molecular flexibility index (Phi) is 4.57. The van der Waals surface area contributed by atoms with Crippen LogP contribution in [0, 0.1) is 5.41 Å². The Balaban J connectivity index is 4.11. The van der Waals surface area contributed by atoms with Crippen LogP contribution in [0.5, 0.6) is 0 Å². The Bertz CT molecular complexity index is 192. The molecule has 0 spiro atoms. The van der Waals surface area contributed by atoms with Gasteiger partial charge in [0.1, 0.15) is 0 Å². The van der Waals surface area contributed by atoms with Crippen LogP contribution >= 0.6 is 0 Å². The van der Waals surface area contributed by atoms with E-state index < -0.39 is 0 Å². The summed E-state index contributed by atoms with van der Waals surface area (Å²) in [5.41, 5.74) is 1.54. The van der Waals surface area contributed by atoms with Crippen LogP contribution in [-0.2, 0) is 0 Å². The molecule has 0 fully saturated rings. The summed E-state index contributed by atoms with van der Waals surface area (Å²) in [5.74, 6) is 0. The normalized spacial score (nSPS) is 13.8. The van der Waals surface area contributed by atoms with E-state index in [2.05, 4.69) is 51.6 Å². The summed E-state index contributed by atoms with van der Waals surface area (Å²) in [6, 6.07) is 0. The molecule has 0 aromatic rings. The van der Waals surface area contributed by atoms with Crippen LogP contribution in [0.2, 0.25) is 0 Å². The van der Waals surface area contributed by atoms with E-state index in [9.17, 15) is 0 Å². The molecular weight excluding hydrogens is 146 g/mol. The van der Waals surface area contributed by atoms with Crippen molar-refractivity contribution in [3.63, 3.8) is 0 Å². The first-order valence-corrected chi connectivity index (χ1v) is 4.24. The molecule has 0 aromatic carbocycles. The Labute approximate surface area is 75.9 Å². The maximum Gasteiger partial charge on any atom is 0.0566 e. The van der Waals surface area contributed by atoms with E-state index in [4.69, 9.17) is 0 Å². The average Bonchev–Trinajstić information content (AvgIpc) is 1.84. The van der Waals surface area contributed by atoms with E-state index in [0.29, 0.717) is 6.54 Å². The Morgan fingerprint density at radius 2 is 2.00 bits per heavy atom. The van der Waals surface area contributed by atoms with Crippen LogP contribution in [0.1, 0.15) is 27.7 Å². The molecule has 0 aliphatic carbocycles. The number of rotatable bonds is 3. The Morgan fingerprint density at radius 3 is 2.42 bits per heavy atom. The summed E-state index contributed by atoms with van der Waals surface area (Å²) in [6.45, 7) is 12.8. The molecule has 0 saturated carbocycles.